The molecule has 4 heteroatoms. The first-order valence-electron chi connectivity index (χ1n) is 5.37. The van der Waals surface area contributed by atoms with Gasteiger partial charge in [0.25, 0.3) is 0 Å². The highest BCUT2D eigenvalue weighted by Gasteiger charge is 2.03. The molecule has 0 atom stereocenters. The van der Waals surface area contributed by atoms with Crippen molar-refractivity contribution in [2.45, 2.75) is 13.0 Å². The number of hydrogen-bond acceptors (Lipinski definition) is 1. The second-order valence-electron chi connectivity index (χ2n) is 3.78. The monoisotopic (exact) mass is 248 g/mol. The average molecular weight is 249 g/mol. The van der Waals surface area contributed by atoms with Crippen LogP contribution in [-0.4, -0.2) is 10.9 Å². The summed E-state index contributed by atoms with van der Waals surface area (Å²) in [5, 5.41) is 3.53. The summed E-state index contributed by atoms with van der Waals surface area (Å²) >= 11 is 5.77. The van der Waals surface area contributed by atoms with Crippen LogP contribution in [0.4, 0.5) is 0 Å². The van der Waals surface area contributed by atoms with Crippen LogP contribution in [0.25, 0.3) is 0 Å². The summed E-state index contributed by atoms with van der Waals surface area (Å²) in [4.78, 5) is 14.7. The molecule has 0 aliphatic rings. The summed E-state index contributed by atoms with van der Waals surface area (Å²) in [6.45, 7) is 0.527. The Morgan fingerprint density at radius 3 is 2.65 bits per heavy atom. The van der Waals surface area contributed by atoms with E-state index in [0.29, 0.717) is 18.0 Å². The van der Waals surface area contributed by atoms with Gasteiger partial charge in [-0.1, -0.05) is 23.7 Å². The molecule has 1 aromatic heterocycles. The Balaban J connectivity index is 1.83. The molecule has 0 unspecified atom stereocenters. The maximum absolute atomic E-state index is 11.6. The van der Waals surface area contributed by atoms with Gasteiger partial charge < -0.3 is 10.3 Å². The molecule has 1 heterocycles. The van der Waals surface area contributed by atoms with Gasteiger partial charge in [0.05, 0.1) is 13.0 Å². The van der Waals surface area contributed by atoms with Gasteiger partial charge in [-0.3, -0.25) is 4.79 Å². The molecule has 1 amide bonds. The van der Waals surface area contributed by atoms with Crippen LogP contribution in [0.2, 0.25) is 5.02 Å². The fraction of sp³-hybridized carbons (Fsp3) is 0.154. The van der Waals surface area contributed by atoms with Gasteiger partial charge in [-0.05, 0) is 29.8 Å². The Morgan fingerprint density at radius 2 is 2.00 bits per heavy atom. The van der Waals surface area contributed by atoms with Gasteiger partial charge in [-0.2, -0.15) is 0 Å². The van der Waals surface area contributed by atoms with E-state index < -0.39 is 0 Å². The zero-order chi connectivity index (χ0) is 12.1. The maximum Gasteiger partial charge on any atom is 0.224 e. The Kier molecular flexibility index (Phi) is 3.83. The van der Waals surface area contributed by atoms with Crippen LogP contribution >= 0.6 is 11.6 Å². The minimum absolute atomic E-state index is 0.00178. The molecule has 2 N–H and O–H groups in total. The quantitative estimate of drug-likeness (QED) is 0.858. The predicted octanol–water partition coefficient (Wildman–Crippen LogP) is 2.53. The molecule has 0 bridgehead atoms. The van der Waals surface area contributed by atoms with E-state index in [0.717, 1.165) is 11.3 Å². The van der Waals surface area contributed by atoms with Gasteiger partial charge in [0.15, 0.2) is 0 Å². The number of amides is 1. The molecule has 17 heavy (non-hydrogen) atoms. The van der Waals surface area contributed by atoms with Crippen LogP contribution in [0, 0.1) is 0 Å². The predicted molar refractivity (Wildman–Crippen MR) is 67.8 cm³/mol. The van der Waals surface area contributed by atoms with Crippen LogP contribution < -0.4 is 5.32 Å². The van der Waals surface area contributed by atoms with Crippen molar-refractivity contribution in [1.82, 2.24) is 10.3 Å². The number of rotatable bonds is 4. The summed E-state index contributed by atoms with van der Waals surface area (Å²) in [6.07, 6.45) is 2.21. The number of benzene rings is 1. The molecular formula is C13H13ClN2O. The van der Waals surface area contributed by atoms with Crippen LogP contribution in [0.5, 0.6) is 0 Å². The lowest BCUT2D eigenvalue weighted by Crippen LogP contribution is -2.24. The van der Waals surface area contributed by atoms with Crippen LogP contribution in [0.1, 0.15) is 11.3 Å². The van der Waals surface area contributed by atoms with E-state index in [-0.39, 0.29) is 5.91 Å². The topological polar surface area (TPSA) is 44.9 Å². The second kappa shape index (κ2) is 5.55. The summed E-state index contributed by atoms with van der Waals surface area (Å²) in [6, 6.07) is 11.1. The summed E-state index contributed by atoms with van der Waals surface area (Å²) in [5.41, 5.74) is 1.95. The lowest BCUT2D eigenvalue weighted by molar-refractivity contribution is -0.120. The number of aromatic amines is 1. The largest absolute Gasteiger partial charge is 0.364 e. The van der Waals surface area contributed by atoms with Crippen molar-refractivity contribution in [1.29, 1.82) is 0 Å². The first kappa shape index (κ1) is 11.7. The third-order valence-electron chi connectivity index (χ3n) is 2.42. The summed E-state index contributed by atoms with van der Waals surface area (Å²) in [7, 11) is 0. The van der Waals surface area contributed by atoms with Crippen molar-refractivity contribution in [3.05, 3.63) is 58.9 Å². The third-order valence-corrected chi connectivity index (χ3v) is 2.67. The Bertz CT molecular complexity index is 477. The number of halogens is 1. The van der Waals surface area contributed by atoms with Crippen molar-refractivity contribution >= 4 is 17.5 Å². The first-order valence-corrected chi connectivity index (χ1v) is 5.75. The van der Waals surface area contributed by atoms with Gasteiger partial charge >= 0.3 is 0 Å². The van der Waals surface area contributed by atoms with Crippen molar-refractivity contribution in [3.8, 4) is 0 Å². The van der Waals surface area contributed by atoms with Gasteiger partial charge in [0.2, 0.25) is 5.91 Å². The summed E-state index contributed by atoms with van der Waals surface area (Å²) < 4.78 is 0. The molecule has 2 aromatic rings. The number of carbonyl (C=O) groups is 1. The van der Waals surface area contributed by atoms with Gasteiger partial charge in [0.1, 0.15) is 0 Å². The molecule has 0 spiro atoms. The van der Waals surface area contributed by atoms with E-state index in [1.165, 1.54) is 0 Å². The van der Waals surface area contributed by atoms with E-state index in [2.05, 4.69) is 10.3 Å². The molecule has 3 nitrogen and oxygen atoms in total. The maximum atomic E-state index is 11.6. The zero-order valence-corrected chi connectivity index (χ0v) is 10.00. The van der Waals surface area contributed by atoms with E-state index in [9.17, 15) is 4.79 Å². The molecule has 0 saturated carbocycles. The standard InChI is InChI=1S/C13H13ClN2O/c14-11-5-3-10(4-6-11)8-13(17)16-9-12-2-1-7-15-12/h1-7,15H,8-9H2,(H,16,17). The zero-order valence-electron chi connectivity index (χ0n) is 9.24. The molecule has 0 fully saturated rings. The van der Waals surface area contributed by atoms with Gasteiger partial charge in [-0.25, -0.2) is 0 Å². The number of carbonyl (C=O) groups excluding carboxylic acids is 1. The van der Waals surface area contributed by atoms with Gasteiger partial charge in [-0.15, -0.1) is 0 Å². The average Bonchev–Trinajstić information content (AvgIpc) is 2.83. The Morgan fingerprint density at radius 1 is 1.24 bits per heavy atom. The fourth-order valence-corrected chi connectivity index (χ4v) is 1.65. The van der Waals surface area contributed by atoms with E-state index in [1.807, 2.05) is 30.5 Å². The van der Waals surface area contributed by atoms with Crippen molar-refractivity contribution in [2.24, 2.45) is 0 Å². The van der Waals surface area contributed by atoms with E-state index in [4.69, 9.17) is 11.6 Å². The number of hydrogen-bond donors (Lipinski definition) is 2. The molecular weight excluding hydrogens is 236 g/mol. The van der Waals surface area contributed by atoms with E-state index in [1.54, 1.807) is 12.1 Å². The van der Waals surface area contributed by atoms with E-state index >= 15 is 0 Å². The molecule has 1 aromatic carbocycles. The lowest BCUT2D eigenvalue weighted by Gasteiger charge is -2.04. The van der Waals surface area contributed by atoms with Crippen LogP contribution in [0.15, 0.2) is 42.6 Å². The lowest BCUT2D eigenvalue weighted by atomic mass is 10.1. The van der Waals surface area contributed by atoms with Crippen molar-refractivity contribution in [2.75, 3.05) is 0 Å². The van der Waals surface area contributed by atoms with Gasteiger partial charge in [0, 0.05) is 16.9 Å². The van der Waals surface area contributed by atoms with Crippen LogP contribution in [0.3, 0.4) is 0 Å². The molecule has 0 saturated heterocycles. The normalized spacial score (nSPS) is 10.2. The fourth-order valence-electron chi connectivity index (χ4n) is 1.52. The molecule has 88 valence electrons. The molecule has 0 radical (unpaired) electrons. The first-order chi connectivity index (χ1) is 8.24. The number of H-pyrrole nitrogens is 1. The molecule has 2 rings (SSSR count). The highest BCUT2D eigenvalue weighted by atomic mass is 35.5. The molecule has 0 aliphatic heterocycles. The van der Waals surface area contributed by atoms with Crippen molar-refractivity contribution < 1.29 is 4.79 Å². The highest BCUT2D eigenvalue weighted by molar-refractivity contribution is 6.30. The molecule has 0 aliphatic carbocycles. The summed E-state index contributed by atoms with van der Waals surface area (Å²) in [5.74, 6) is 0.00178. The second-order valence-corrected chi connectivity index (χ2v) is 4.21. The highest BCUT2D eigenvalue weighted by Crippen LogP contribution is 2.09. The van der Waals surface area contributed by atoms with Crippen LogP contribution in [-0.2, 0) is 17.8 Å². The number of aromatic nitrogens is 1. The van der Waals surface area contributed by atoms with Crippen molar-refractivity contribution in [3.63, 3.8) is 0 Å². The minimum atomic E-state index is 0.00178. The Hall–Kier alpha value is -1.74. The minimum Gasteiger partial charge on any atom is -0.364 e. The Labute approximate surface area is 105 Å². The third kappa shape index (κ3) is 3.64. The SMILES string of the molecule is O=C(Cc1ccc(Cl)cc1)NCc1ccc[nH]1. The number of nitrogens with one attached hydrogen (secondary N) is 2. The smallest absolute Gasteiger partial charge is 0.224 e.